The number of H-pyrrole nitrogens is 1. The van der Waals surface area contributed by atoms with E-state index in [0.29, 0.717) is 11.4 Å². The topological polar surface area (TPSA) is 95.8 Å². The lowest BCUT2D eigenvalue weighted by Gasteiger charge is -2.10. The molecule has 0 spiro atoms. The van der Waals surface area contributed by atoms with E-state index in [9.17, 15) is 4.79 Å². The molecule has 1 aromatic carbocycles. The Labute approximate surface area is 117 Å². The number of urea groups is 1. The number of rotatable bonds is 3. The van der Waals surface area contributed by atoms with E-state index in [0.717, 1.165) is 17.0 Å². The smallest absolute Gasteiger partial charge is 0.323 e. The molecule has 0 aliphatic carbocycles. The lowest BCUT2D eigenvalue weighted by atomic mass is 10.1. The molecule has 6 nitrogen and oxygen atoms in total. The van der Waals surface area contributed by atoms with Crippen molar-refractivity contribution in [1.29, 1.82) is 0 Å². The van der Waals surface area contributed by atoms with Gasteiger partial charge in [0, 0.05) is 11.7 Å². The van der Waals surface area contributed by atoms with Crippen molar-refractivity contribution in [3.63, 3.8) is 0 Å². The van der Waals surface area contributed by atoms with Crippen LogP contribution in [-0.2, 0) is 0 Å². The van der Waals surface area contributed by atoms with Crippen molar-refractivity contribution < 1.29 is 4.79 Å². The molecule has 0 saturated carbocycles. The van der Waals surface area contributed by atoms with Crippen LogP contribution in [0.2, 0.25) is 0 Å². The summed E-state index contributed by atoms with van der Waals surface area (Å²) in [5.74, 6) is 0. The molecule has 1 heterocycles. The Morgan fingerprint density at radius 1 is 1.35 bits per heavy atom. The van der Waals surface area contributed by atoms with E-state index >= 15 is 0 Å². The maximum absolute atomic E-state index is 12.0. The molecule has 0 aliphatic rings. The molecule has 2 aromatic rings. The summed E-state index contributed by atoms with van der Waals surface area (Å²) < 4.78 is 0. The van der Waals surface area contributed by atoms with Crippen LogP contribution in [0.5, 0.6) is 0 Å². The number of amides is 2. The summed E-state index contributed by atoms with van der Waals surface area (Å²) >= 11 is 0. The van der Waals surface area contributed by atoms with E-state index in [-0.39, 0.29) is 12.1 Å². The highest BCUT2D eigenvalue weighted by molar-refractivity contribution is 6.00. The molecule has 20 heavy (non-hydrogen) atoms. The summed E-state index contributed by atoms with van der Waals surface area (Å²) in [5, 5.41) is 12.4. The van der Waals surface area contributed by atoms with Crippen molar-refractivity contribution in [3.8, 4) is 0 Å². The molecule has 1 unspecified atom stereocenters. The van der Waals surface area contributed by atoms with Gasteiger partial charge in [0.2, 0.25) is 0 Å². The zero-order chi connectivity index (χ0) is 14.7. The zero-order valence-corrected chi connectivity index (χ0v) is 11.8. The number of benzene rings is 1. The second kappa shape index (κ2) is 5.75. The first kappa shape index (κ1) is 14.1. The summed E-state index contributed by atoms with van der Waals surface area (Å²) in [6, 6.07) is 7.10. The van der Waals surface area contributed by atoms with Gasteiger partial charge in [0.15, 0.2) is 0 Å². The highest BCUT2D eigenvalue weighted by Gasteiger charge is 2.10. The summed E-state index contributed by atoms with van der Waals surface area (Å²) in [4.78, 5) is 12.0. The number of carbonyl (C=O) groups is 1. The molecule has 0 bridgehead atoms. The second-order valence-electron chi connectivity index (χ2n) is 4.80. The molecule has 0 saturated heterocycles. The third-order valence-corrected chi connectivity index (χ3v) is 3.04. The molecule has 1 aromatic heterocycles. The fourth-order valence-corrected chi connectivity index (χ4v) is 1.91. The Hall–Kier alpha value is -2.34. The number of aromatic nitrogens is 2. The van der Waals surface area contributed by atoms with Crippen LogP contribution >= 0.6 is 0 Å². The lowest BCUT2D eigenvalue weighted by molar-refractivity contribution is 0.262. The normalized spacial score (nSPS) is 12.0. The quantitative estimate of drug-likeness (QED) is 0.692. The number of hydrogen-bond donors (Lipinski definition) is 4. The minimum atomic E-state index is -0.306. The Kier molecular flexibility index (Phi) is 4.05. The maximum atomic E-state index is 12.0. The number of aromatic amines is 1. The van der Waals surface area contributed by atoms with Gasteiger partial charge in [0.25, 0.3) is 0 Å². The van der Waals surface area contributed by atoms with Crippen LogP contribution in [0, 0.1) is 13.8 Å². The average Bonchev–Trinajstić information content (AvgIpc) is 2.71. The molecule has 1 atom stereocenters. The van der Waals surface area contributed by atoms with Crippen LogP contribution in [-0.4, -0.2) is 16.2 Å². The van der Waals surface area contributed by atoms with E-state index < -0.39 is 0 Å². The lowest BCUT2D eigenvalue weighted by Crippen LogP contribution is -2.20. The van der Waals surface area contributed by atoms with Crippen molar-refractivity contribution in [2.24, 2.45) is 5.73 Å². The number of carbonyl (C=O) groups excluding carboxylic acids is 1. The number of nitrogens with two attached hydrogens (primary N) is 1. The van der Waals surface area contributed by atoms with E-state index in [1.54, 1.807) is 0 Å². The molecule has 2 amide bonds. The molecule has 6 heteroatoms. The van der Waals surface area contributed by atoms with Gasteiger partial charge in [-0.2, -0.15) is 5.10 Å². The van der Waals surface area contributed by atoms with Crippen molar-refractivity contribution in [3.05, 3.63) is 41.2 Å². The Morgan fingerprint density at radius 3 is 2.70 bits per heavy atom. The fourth-order valence-electron chi connectivity index (χ4n) is 1.91. The Balaban J connectivity index is 2.07. The number of anilines is 2. The van der Waals surface area contributed by atoms with Gasteiger partial charge in [-0.3, -0.25) is 5.10 Å². The largest absolute Gasteiger partial charge is 0.324 e. The van der Waals surface area contributed by atoms with Gasteiger partial charge < -0.3 is 16.4 Å². The van der Waals surface area contributed by atoms with E-state index in [4.69, 9.17) is 5.73 Å². The van der Waals surface area contributed by atoms with E-state index in [1.807, 2.05) is 45.0 Å². The zero-order valence-electron chi connectivity index (χ0n) is 11.8. The predicted octanol–water partition coefficient (Wildman–Crippen LogP) is 2.69. The van der Waals surface area contributed by atoms with Gasteiger partial charge in [0.05, 0.1) is 17.1 Å². The molecule has 5 N–H and O–H groups in total. The van der Waals surface area contributed by atoms with Gasteiger partial charge in [-0.15, -0.1) is 0 Å². The van der Waals surface area contributed by atoms with E-state index in [2.05, 4.69) is 20.8 Å². The van der Waals surface area contributed by atoms with Crippen LogP contribution in [0.25, 0.3) is 0 Å². The summed E-state index contributed by atoms with van der Waals surface area (Å²) in [6.45, 7) is 5.58. The molecule has 106 valence electrons. The van der Waals surface area contributed by atoms with Gasteiger partial charge >= 0.3 is 6.03 Å². The highest BCUT2D eigenvalue weighted by atomic mass is 16.2. The maximum Gasteiger partial charge on any atom is 0.323 e. The second-order valence-corrected chi connectivity index (χ2v) is 4.80. The monoisotopic (exact) mass is 273 g/mol. The molecule has 0 radical (unpaired) electrons. The number of nitrogens with zero attached hydrogens (tertiary/aromatic N) is 1. The Morgan fingerprint density at radius 2 is 2.10 bits per heavy atom. The van der Waals surface area contributed by atoms with Crippen molar-refractivity contribution in [2.75, 3.05) is 10.6 Å². The van der Waals surface area contributed by atoms with Crippen molar-refractivity contribution >= 4 is 17.4 Å². The molecule has 0 aliphatic heterocycles. The summed E-state index contributed by atoms with van der Waals surface area (Å²) in [6.07, 6.45) is 0. The first-order valence-corrected chi connectivity index (χ1v) is 6.42. The van der Waals surface area contributed by atoms with E-state index in [1.165, 1.54) is 0 Å². The number of hydrogen-bond acceptors (Lipinski definition) is 3. The summed E-state index contributed by atoms with van der Waals surface area (Å²) in [7, 11) is 0. The molecular weight excluding hydrogens is 254 g/mol. The van der Waals surface area contributed by atoms with Crippen LogP contribution in [0.4, 0.5) is 16.2 Å². The Bertz CT molecular complexity index is 598. The van der Waals surface area contributed by atoms with Gasteiger partial charge in [-0.1, -0.05) is 12.1 Å². The average molecular weight is 273 g/mol. The first-order chi connectivity index (χ1) is 9.47. The molecule has 0 fully saturated rings. The number of aryl methyl sites for hydroxylation is 2. The summed E-state index contributed by atoms with van der Waals surface area (Å²) in [5.41, 5.74) is 9.77. The number of nitrogens with one attached hydrogen (secondary N) is 3. The standard InChI is InChI=1S/C14H19N5O/c1-8(15)11-5-4-6-12(7-11)16-14(20)17-13-9(2)18-19-10(13)3/h4-8H,15H2,1-3H3,(H,18,19)(H2,16,17,20). The first-order valence-electron chi connectivity index (χ1n) is 6.42. The minimum Gasteiger partial charge on any atom is -0.324 e. The molecular formula is C14H19N5O. The van der Waals surface area contributed by atoms with Gasteiger partial charge in [-0.05, 0) is 38.5 Å². The van der Waals surface area contributed by atoms with Crippen LogP contribution < -0.4 is 16.4 Å². The van der Waals surface area contributed by atoms with Gasteiger partial charge in [0.1, 0.15) is 0 Å². The molecule has 2 rings (SSSR count). The van der Waals surface area contributed by atoms with Crippen LogP contribution in [0.3, 0.4) is 0 Å². The van der Waals surface area contributed by atoms with Crippen molar-refractivity contribution in [2.45, 2.75) is 26.8 Å². The fraction of sp³-hybridized carbons (Fsp3) is 0.286. The van der Waals surface area contributed by atoms with Gasteiger partial charge in [-0.25, -0.2) is 4.79 Å². The minimum absolute atomic E-state index is 0.0711. The van der Waals surface area contributed by atoms with Crippen LogP contribution in [0.15, 0.2) is 24.3 Å². The highest BCUT2D eigenvalue weighted by Crippen LogP contribution is 2.18. The third-order valence-electron chi connectivity index (χ3n) is 3.04. The van der Waals surface area contributed by atoms with Crippen molar-refractivity contribution in [1.82, 2.24) is 10.2 Å². The third kappa shape index (κ3) is 3.16. The predicted molar refractivity (Wildman–Crippen MR) is 79.7 cm³/mol. The van der Waals surface area contributed by atoms with Crippen LogP contribution in [0.1, 0.15) is 29.9 Å². The SMILES string of the molecule is Cc1n[nH]c(C)c1NC(=O)Nc1cccc(C(C)N)c1.